The molecule has 0 amide bonds. The smallest absolute Gasteiger partial charge is 0.0396 e. The highest BCUT2D eigenvalue weighted by Crippen LogP contribution is 2.26. The quantitative estimate of drug-likeness (QED) is 0.597. The second kappa shape index (κ2) is 2.66. The van der Waals surface area contributed by atoms with E-state index in [0.717, 1.165) is 27.7 Å². The molecule has 0 heterocycles. The fraction of sp³-hybridized carbons (Fsp3) is 0. The Morgan fingerprint density at radius 2 is 1.85 bits per heavy atom. The topological polar surface area (TPSA) is 52.0 Å². The van der Waals surface area contributed by atoms with Gasteiger partial charge in [0, 0.05) is 16.8 Å². The number of nitrogen functional groups attached to an aromatic ring is 2. The fourth-order valence-corrected chi connectivity index (χ4v) is 1.57. The Labute approximate surface area is 77.2 Å². The third-order valence-electron chi connectivity index (χ3n) is 2.11. The molecular formula is C11H11N2. The molecule has 0 saturated carbocycles. The van der Waals surface area contributed by atoms with Crippen molar-refractivity contribution in [2.75, 3.05) is 11.5 Å². The number of nitrogens with two attached hydrogens (primary N) is 2. The minimum Gasteiger partial charge on any atom is -0.399 e. The average molecular weight is 171 g/mol. The summed E-state index contributed by atoms with van der Waals surface area (Å²) in [5.74, 6) is 0. The lowest BCUT2D eigenvalue weighted by molar-refractivity contribution is 1.65. The summed E-state index contributed by atoms with van der Waals surface area (Å²) in [5, 5.41) is 2.04. The zero-order valence-electron chi connectivity index (χ0n) is 7.25. The first-order valence-electron chi connectivity index (χ1n) is 4.08. The molecule has 2 aromatic carbocycles. The van der Waals surface area contributed by atoms with E-state index in [-0.39, 0.29) is 0 Å². The van der Waals surface area contributed by atoms with Crippen LogP contribution in [-0.2, 0) is 0 Å². The van der Waals surface area contributed by atoms with Crippen molar-refractivity contribution in [1.29, 1.82) is 0 Å². The molecule has 1 radical (unpaired) electrons. The highest BCUT2D eigenvalue weighted by molar-refractivity contribution is 5.97. The molecule has 0 bridgehead atoms. The van der Waals surface area contributed by atoms with Crippen LogP contribution in [0, 0.1) is 6.92 Å². The third-order valence-corrected chi connectivity index (χ3v) is 2.11. The van der Waals surface area contributed by atoms with Gasteiger partial charge in [0.25, 0.3) is 0 Å². The lowest BCUT2D eigenvalue weighted by Crippen LogP contribution is -1.91. The second-order valence-corrected chi connectivity index (χ2v) is 3.13. The number of hydrogen-bond acceptors (Lipinski definition) is 2. The van der Waals surface area contributed by atoms with Crippen LogP contribution in [0.15, 0.2) is 30.3 Å². The van der Waals surface area contributed by atoms with Crippen LogP contribution < -0.4 is 11.5 Å². The average Bonchev–Trinajstić information content (AvgIpc) is 2.02. The highest BCUT2D eigenvalue weighted by atomic mass is 14.6. The van der Waals surface area contributed by atoms with Gasteiger partial charge in [0.05, 0.1) is 0 Å². The summed E-state index contributed by atoms with van der Waals surface area (Å²) >= 11 is 0. The molecule has 2 aromatic rings. The van der Waals surface area contributed by atoms with Gasteiger partial charge < -0.3 is 11.5 Å². The summed E-state index contributed by atoms with van der Waals surface area (Å²) in [6.07, 6.45) is 0. The van der Waals surface area contributed by atoms with Gasteiger partial charge in [-0.05, 0) is 36.1 Å². The van der Waals surface area contributed by atoms with Gasteiger partial charge in [-0.3, -0.25) is 0 Å². The lowest BCUT2D eigenvalue weighted by atomic mass is 10.0. The van der Waals surface area contributed by atoms with Gasteiger partial charge in [-0.15, -0.1) is 0 Å². The molecule has 0 aliphatic carbocycles. The van der Waals surface area contributed by atoms with Crippen molar-refractivity contribution >= 4 is 22.1 Å². The molecule has 0 aliphatic heterocycles. The molecule has 2 nitrogen and oxygen atoms in total. The van der Waals surface area contributed by atoms with Crippen molar-refractivity contribution in [1.82, 2.24) is 0 Å². The Morgan fingerprint density at radius 3 is 2.62 bits per heavy atom. The number of benzene rings is 2. The van der Waals surface area contributed by atoms with Crippen molar-refractivity contribution in [3.8, 4) is 0 Å². The van der Waals surface area contributed by atoms with E-state index >= 15 is 0 Å². The Bertz CT molecular complexity index is 461. The van der Waals surface area contributed by atoms with E-state index in [1.165, 1.54) is 0 Å². The predicted octanol–water partition coefficient (Wildman–Crippen LogP) is 2.19. The summed E-state index contributed by atoms with van der Waals surface area (Å²) < 4.78 is 0. The monoisotopic (exact) mass is 171 g/mol. The fourth-order valence-electron chi connectivity index (χ4n) is 1.57. The van der Waals surface area contributed by atoms with Crippen LogP contribution in [0.2, 0.25) is 0 Å². The maximum absolute atomic E-state index is 5.83. The number of anilines is 2. The molecule has 0 atom stereocenters. The number of fused-ring (bicyclic) bond motifs is 1. The molecule has 2 rings (SSSR count). The van der Waals surface area contributed by atoms with Crippen LogP contribution >= 0.6 is 0 Å². The summed E-state index contributed by atoms with van der Waals surface area (Å²) in [7, 11) is 0. The molecule has 2 heteroatoms. The van der Waals surface area contributed by atoms with Crippen LogP contribution in [0.4, 0.5) is 11.4 Å². The van der Waals surface area contributed by atoms with Crippen LogP contribution in [0.3, 0.4) is 0 Å². The van der Waals surface area contributed by atoms with Crippen molar-refractivity contribution in [2.45, 2.75) is 0 Å². The van der Waals surface area contributed by atoms with Gasteiger partial charge >= 0.3 is 0 Å². The van der Waals surface area contributed by atoms with Crippen LogP contribution in [0.25, 0.3) is 10.8 Å². The molecular weight excluding hydrogens is 160 g/mol. The van der Waals surface area contributed by atoms with Crippen molar-refractivity contribution in [3.63, 3.8) is 0 Å². The van der Waals surface area contributed by atoms with Crippen LogP contribution in [-0.4, -0.2) is 0 Å². The van der Waals surface area contributed by atoms with E-state index in [2.05, 4.69) is 6.92 Å². The summed E-state index contributed by atoms with van der Waals surface area (Å²) in [4.78, 5) is 0. The predicted molar refractivity (Wildman–Crippen MR) is 57.2 cm³/mol. The van der Waals surface area contributed by atoms with E-state index in [0.29, 0.717) is 0 Å². The van der Waals surface area contributed by atoms with E-state index in [1.54, 1.807) is 0 Å². The standard InChI is InChI=1S/C11H11N2/c1-7-5-9(12)6-8-3-2-4-10(13)11(7)8/h2-6H,1,12-13H2. The Balaban J connectivity index is 2.94. The van der Waals surface area contributed by atoms with E-state index in [4.69, 9.17) is 11.5 Å². The van der Waals surface area contributed by atoms with Gasteiger partial charge in [0.15, 0.2) is 0 Å². The zero-order valence-corrected chi connectivity index (χ0v) is 7.25. The molecule has 0 fully saturated rings. The third kappa shape index (κ3) is 1.20. The van der Waals surface area contributed by atoms with E-state index in [1.807, 2.05) is 30.3 Å². The Kier molecular flexibility index (Phi) is 1.62. The van der Waals surface area contributed by atoms with Crippen molar-refractivity contribution < 1.29 is 0 Å². The summed E-state index contributed by atoms with van der Waals surface area (Å²) in [6.45, 7) is 3.91. The first-order valence-corrected chi connectivity index (χ1v) is 4.08. The van der Waals surface area contributed by atoms with E-state index in [9.17, 15) is 0 Å². The Hall–Kier alpha value is -1.70. The molecule has 0 unspecified atom stereocenters. The Morgan fingerprint density at radius 1 is 1.08 bits per heavy atom. The maximum Gasteiger partial charge on any atom is 0.0396 e. The van der Waals surface area contributed by atoms with Gasteiger partial charge in [-0.2, -0.15) is 0 Å². The van der Waals surface area contributed by atoms with Gasteiger partial charge in [0.1, 0.15) is 0 Å². The molecule has 4 N–H and O–H groups in total. The normalized spacial score (nSPS) is 10.5. The van der Waals surface area contributed by atoms with Crippen molar-refractivity contribution in [3.05, 3.63) is 42.8 Å². The molecule has 0 aliphatic rings. The number of rotatable bonds is 0. The first-order chi connectivity index (χ1) is 6.18. The van der Waals surface area contributed by atoms with Gasteiger partial charge in [-0.25, -0.2) is 0 Å². The molecule has 0 saturated heterocycles. The highest BCUT2D eigenvalue weighted by Gasteiger charge is 2.01. The number of hydrogen-bond donors (Lipinski definition) is 2. The second-order valence-electron chi connectivity index (χ2n) is 3.13. The minimum absolute atomic E-state index is 0.725. The first kappa shape index (κ1) is 7.92. The molecule has 65 valence electrons. The summed E-state index contributed by atoms with van der Waals surface area (Å²) in [6, 6.07) is 9.50. The zero-order chi connectivity index (χ0) is 9.42. The van der Waals surface area contributed by atoms with Crippen LogP contribution in [0.5, 0.6) is 0 Å². The van der Waals surface area contributed by atoms with Gasteiger partial charge in [-0.1, -0.05) is 12.1 Å². The van der Waals surface area contributed by atoms with Crippen LogP contribution in [0.1, 0.15) is 5.56 Å². The lowest BCUT2D eigenvalue weighted by Gasteiger charge is -2.06. The molecule has 13 heavy (non-hydrogen) atoms. The molecule has 0 spiro atoms. The van der Waals surface area contributed by atoms with Crippen molar-refractivity contribution in [2.24, 2.45) is 0 Å². The minimum atomic E-state index is 0.725. The van der Waals surface area contributed by atoms with E-state index < -0.39 is 0 Å². The largest absolute Gasteiger partial charge is 0.399 e. The molecule has 0 aromatic heterocycles. The van der Waals surface area contributed by atoms with Gasteiger partial charge in [0.2, 0.25) is 0 Å². The maximum atomic E-state index is 5.83. The SMILES string of the molecule is [CH2]c1cc(N)cc2cccc(N)c12. The summed E-state index contributed by atoms with van der Waals surface area (Å²) in [5.41, 5.74) is 13.9.